The van der Waals surface area contributed by atoms with Gasteiger partial charge in [0.25, 0.3) is 0 Å². The number of hydrogen-bond acceptors (Lipinski definition) is 6. The first-order chi connectivity index (χ1) is 8.33. The number of aryl methyl sites for hydroxylation is 1. The average Bonchev–Trinajstić information content (AvgIpc) is 2.94. The number of rotatable bonds is 3. The van der Waals surface area contributed by atoms with E-state index in [-0.39, 0.29) is 0 Å². The van der Waals surface area contributed by atoms with Crippen molar-refractivity contribution in [1.29, 1.82) is 0 Å². The molecule has 0 bridgehead atoms. The van der Waals surface area contributed by atoms with Gasteiger partial charge in [0.15, 0.2) is 5.65 Å². The molecule has 3 rings (SSSR count). The van der Waals surface area contributed by atoms with E-state index in [4.69, 9.17) is 0 Å². The zero-order valence-electron chi connectivity index (χ0n) is 9.14. The van der Waals surface area contributed by atoms with Crippen molar-refractivity contribution >= 4 is 28.2 Å². The number of H-pyrrole nitrogens is 1. The number of nitrogens with one attached hydrogen (secondary N) is 2. The van der Waals surface area contributed by atoms with Crippen LogP contribution in [0.15, 0.2) is 18.7 Å². The van der Waals surface area contributed by atoms with Gasteiger partial charge >= 0.3 is 0 Å². The van der Waals surface area contributed by atoms with Gasteiger partial charge in [-0.15, -0.1) is 11.3 Å². The molecule has 0 fully saturated rings. The lowest BCUT2D eigenvalue weighted by Gasteiger charge is -2.03. The topological polar surface area (TPSA) is 79.4 Å². The minimum Gasteiger partial charge on any atom is -0.363 e. The van der Waals surface area contributed by atoms with E-state index in [9.17, 15) is 0 Å². The van der Waals surface area contributed by atoms with Gasteiger partial charge in [-0.3, -0.25) is 5.10 Å². The third kappa shape index (κ3) is 1.96. The molecule has 7 heteroatoms. The normalized spacial score (nSPS) is 10.9. The molecule has 0 saturated carbocycles. The molecule has 0 spiro atoms. The lowest BCUT2D eigenvalue weighted by Crippen LogP contribution is -2.01. The molecule has 2 N–H and O–H groups in total. The van der Waals surface area contributed by atoms with Crippen molar-refractivity contribution in [3.63, 3.8) is 0 Å². The van der Waals surface area contributed by atoms with Crippen molar-refractivity contribution in [3.05, 3.63) is 28.6 Å². The molecule has 0 aliphatic heterocycles. The summed E-state index contributed by atoms with van der Waals surface area (Å²) in [5.74, 6) is 0.775. The van der Waals surface area contributed by atoms with E-state index in [2.05, 4.69) is 30.5 Å². The van der Waals surface area contributed by atoms with Crippen LogP contribution in [0.2, 0.25) is 0 Å². The molecule has 86 valence electrons. The minimum absolute atomic E-state index is 0.663. The molecular formula is C10H10N6S. The lowest BCUT2D eigenvalue weighted by molar-refractivity contribution is 1.06. The van der Waals surface area contributed by atoms with Crippen molar-refractivity contribution in [2.45, 2.75) is 13.5 Å². The number of nitrogens with zero attached hydrogens (tertiary/aromatic N) is 4. The summed E-state index contributed by atoms with van der Waals surface area (Å²) in [7, 11) is 0. The van der Waals surface area contributed by atoms with Crippen molar-refractivity contribution in [3.8, 4) is 0 Å². The molecule has 17 heavy (non-hydrogen) atoms. The summed E-state index contributed by atoms with van der Waals surface area (Å²) in [5, 5.41) is 11.9. The monoisotopic (exact) mass is 246 g/mol. The Balaban J connectivity index is 1.83. The van der Waals surface area contributed by atoms with Crippen LogP contribution in [0.25, 0.3) is 11.0 Å². The Kier molecular flexibility index (Phi) is 2.45. The van der Waals surface area contributed by atoms with E-state index >= 15 is 0 Å². The molecule has 3 aromatic heterocycles. The summed E-state index contributed by atoms with van der Waals surface area (Å²) in [5.41, 5.74) is 0.734. The smallest absolute Gasteiger partial charge is 0.160 e. The predicted molar refractivity (Wildman–Crippen MR) is 65.9 cm³/mol. The fraction of sp³-hybridized carbons (Fsp3) is 0.200. The Morgan fingerprint density at radius 3 is 3.06 bits per heavy atom. The van der Waals surface area contributed by atoms with Gasteiger partial charge in [0.1, 0.15) is 17.2 Å². The number of aromatic amines is 1. The van der Waals surface area contributed by atoms with E-state index < -0.39 is 0 Å². The van der Waals surface area contributed by atoms with Crippen molar-refractivity contribution < 1.29 is 0 Å². The van der Waals surface area contributed by atoms with Crippen molar-refractivity contribution in [2.24, 2.45) is 0 Å². The zero-order chi connectivity index (χ0) is 11.7. The van der Waals surface area contributed by atoms with E-state index in [0.717, 1.165) is 21.9 Å². The second-order valence-corrected chi connectivity index (χ2v) is 4.89. The van der Waals surface area contributed by atoms with E-state index in [0.29, 0.717) is 6.54 Å². The lowest BCUT2D eigenvalue weighted by atomic mass is 10.4. The highest BCUT2D eigenvalue weighted by Gasteiger charge is 2.05. The first kappa shape index (κ1) is 10.2. The maximum atomic E-state index is 4.29. The first-order valence-electron chi connectivity index (χ1n) is 5.12. The highest BCUT2D eigenvalue weighted by Crippen LogP contribution is 2.18. The van der Waals surface area contributed by atoms with Crippen LogP contribution < -0.4 is 5.32 Å². The summed E-state index contributed by atoms with van der Waals surface area (Å²) < 4.78 is 0. The van der Waals surface area contributed by atoms with E-state index in [1.165, 1.54) is 11.2 Å². The summed E-state index contributed by atoms with van der Waals surface area (Å²) >= 11 is 1.67. The van der Waals surface area contributed by atoms with Gasteiger partial charge in [-0.25, -0.2) is 15.0 Å². The van der Waals surface area contributed by atoms with Crippen LogP contribution in [0, 0.1) is 6.92 Å². The molecule has 0 radical (unpaired) electrons. The van der Waals surface area contributed by atoms with Crippen LogP contribution in [0.4, 0.5) is 5.82 Å². The Morgan fingerprint density at radius 1 is 1.29 bits per heavy atom. The van der Waals surface area contributed by atoms with Gasteiger partial charge in [0.05, 0.1) is 18.1 Å². The Bertz CT molecular complexity index is 643. The standard InChI is InChI=1S/C10H10N6S/c1-6-2-11-8(17-6)4-12-9-7-3-15-16-10(7)14-5-13-9/h2-3,5H,4H2,1H3,(H2,12,13,14,15,16). The van der Waals surface area contributed by atoms with Crippen LogP contribution in [0.3, 0.4) is 0 Å². The van der Waals surface area contributed by atoms with Crippen LogP contribution >= 0.6 is 11.3 Å². The molecule has 6 nitrogen and oxygen atoms in total. The number of anilines is 1. The fourth-order valence-electron chi connectivity index (χ4n) is 1.55. The molecule has 3 aromatic rings. The largest absolute Gasteiger partial charge is 0.363 e. The van der Waals surface area contributed by atoms with Gasteiger partial charge < -0.3 is 5.32 Å². The third-order valence-corrected chi connectivity index (χ3v) is 3.24. The van der Waals surface area contributed by atoms with Crippen molar-refractivity contribution in [2.75, 3.05) is 5.32 Å². The van der Waals surface area contributed by atoms with Gasteiger partial charge in [0.2, 0.25) is 0 Å². The number of aromatic nitrogens is 5. The van der Waals surface area contributed by atoms with Gasteiger partial charge in [0, 0.05) is 11.1 Å². The average molecular weight is 246 g/mol. The number of fused-ring (bicyclic) bond motifs is 1. The van der Waals surface area contributed by atoms with Gasteiger partial charge in [-0.2, -0.15) is 5.10 Å². The van der Waals surface area contributed by atoms with Crippen LogP contribution in [-0.4, -0.2) is 25.1 Å². The fourth-order valence-corrected chi connectivity index (χ4v) is 2.28. The third-order valence-electron chi connectivity index (χ3n) is 2.32. The highest BCUT2D eigenvalue weighted by atomic mass is 32.1. The molecule has 3 heterocycles. The van der Waals surface area contributed by atoms with Crippen molar-refractivity contribution in [1.82, 2.24) is 25.1 Å². The second kappa shape index (κ2) is 4.10. The summed E-state index contributed by atoms with van der Waals surface area (Å²) in [6.45, 7) is 2.70. The first-order valence-corrected chi connectivity index (χ1v) is 5.94. The van der Waals surface area contributed by atoms with E-state index in [1.54, 1.807) is 17.5 Å². The molecule has 0 atom stereocenters. The maximum Gasteiger partial charge on any atom is 0.160 e. The van der Waals surface area contributed by atoms with Gasteiger partial charge in [-0.05, 0) is 6.92 Å². The quantitative estimate of drug-likeness (QED) is 0.735. The Hall–Kier alpha value is -2.02. The molecule has 0 aromatic carbocycles. The van der Waals surface area contributed by atoms with Crippen LogP contribution in [-0.2, 0) is 6.54 Å². The Labute approximate surface area is 101 Å². The molecule has 0 aliphatic carbocycles. The molecule has 0 amide bonds. The number of thiazole rings is 1. The molecule has 0 aliphatic rings. The molecule has 0 saturated heterocycles. The predicted octanol–water partition coefficient (Wildman–Crippen LogP) is 1.73. The molecule has 0 unspecified atom stereocenters. The highest BCUT2D eigenvalue weighted by molar-refractivity contribution is 7.11. The SMILES string of the molecule is Cc1cnc(CNc2ncnc3[nH]ncc23)s1. The number of hydrogen-bond donors (Lipinski definition) is 2. The minimum atomic E-state index is 0.663. The summed E-state index contributed by atoms with van der Waals surface area (Å²) in [4.78, 5) is 13.8. The summed E-state index contributed by atoms with van der Waals surface area (Å²) in [6.07, 6.45) is 5.09. The molecular weight excluding hydrogens is 236 g/mol. The van der Waals surface area contributed by atoms with E-state index in [1.807, 2.05) is 13.1 Å². The maximum absolute atomic E-state index is 4.29. The van der Waals surface area contributed by atoms with Crippen LogP contribution in [0.5, 0.6) is 0 Å². The second-order valence-electron chi connectivity index (χ2n) is 3.57. The van der Waals surface area contributed by atoms with Crippen LogP contribution in [0.1, 0.15) is 9.88 Å². The van der Waals surface area contributed by atoms with Gasteiger partial charge in [-0.1, -0.05) is 0 Å². The Morgan fingerprint density at radius 2 is 2.24 bits per heavy atom. The summed E-state index contributed by atoms with van der Waals surface area (Å²) in [6, 6.07) is 0. The zero-order valence-corrected chi connectivity index (χ0v) is 9.95.